The molecule has 0 aliphatic rings. The normalized spacial score (nSPS) is 11.4. The van der Waals surface area contributed by atoms with E-state index in [1.807, 2.05) is 0 Å². The van der Waals surface area contributed by atoms with Gasteiger partial charge in [-0.15, -0.1) is 0 Å². The molecule has 0 fully saturated rings. The van der Waals surface area contributed by atoms with Crippen LogP contribution in [0.5, 0.6) is 0 Å². The van der Waals surface area contributed by atoms with E-state index in [1.165, 1.54) is 128 Å². The van der Waals surface area contributed by atoms with Gasteiger partial charge < -0.3 is 14.2 Å². The first-order valence-electron chi connectivity index (χ1n) is 14.1. The summed E-state index contributed by atoms with van der Waals surface area (Å²) in [5.41, 5.74) is 0. The van der Waals surface area contributed by atoms with Crippen LogP contribution in [0, 0.1) is 0 Å². The highest BCUT2D eigenvalue weighted by molar-refractivity contribution is 4.49. The quantitative estimate of drug-likeness (QED) is 0.0891. The molecule has 0 saturated carbocycles. The zero-order valence-electron chi connectivity index (χ0n) is 21.6. The summed E-state index contributed by atoms with van der Waals surface area (Å²) in [6, 6.07) is 0. The van der Waals surface area contributed by atoms with E-state index in [4.69, 9.17) is 14.2 Å². The molecule has 0 aliphatic carbocycles. The van der Waals surface area contributed by atoms with Gasteiger partial charge in [0.2, 0.25) is 0 Å². The monoisotopic (exact) mass is 442 g/mol. The van der Waals surface area contributed by atoms with Crippen molar-refractivity contribution in [2.45, 2.75) is 155 Å². The Morgan fingerprint density at radius 2 is 0.548 bits per heavy atom. The van der Waals surface area contributed by atoms with Gasteiger partial charge in [0, 0.05) is 13.2 Å². The van der Waals surface area contributed by atoms with Crippen molar-refractivity contribution in [3.63, 3.8) is 0 Å². The van der Waals surface area contributed by atoms with E-state index in [2.05, 4.69) is 13.8 Å². The number of hydrogen-bond acceptors (Lipinski definition) is 3. The Balaban J connectivity index is 2.98. The summed E-state index contributed by atoms with van der Waals surface area (Å²) < 4.78 is 16.4. The first-order chi connectivity index (χ1) is 15.4. The Morgan fingerprint density at radius 3 is 0.839 bits per heavy atom. The summed E-state index contributed by atoms with van der Waals surface area (Å²) in [5.74, 6) is 0. The lowest BCUT2D eigenvalue weighted by Gasteiger charge is -2.07. The molecular weight excluding hydrogens is 384 g/mol. The van der Waals surface area contributed by atoms with Gasteiger partial charge in [-0.1, -0.05) is 142 Å². The molecule has 0 N–H and O–H groups in total. The standard InChI is InChI=1S/C28H58O3/c1-3-5-7-9-11-13-15-17-19-21-23-25-29-27-31-28-30-26-24-22-20-18-16-14-12-10-8-6-4-2/h3-28H2,1-2H3. The van der Waals surface area contributed by atoms with Crippen molar-refractivity contribution in [2.75, 3.05) is 26.8 Å². The molecule has 3 nitrogen and oxygen atoms in total. The van der Waals surface area contributed by atoms with Crippen LogP contribution in [0.2, 0.25) is 0 Å². The summed E-state index contributed by atoms with van der Waals surface area (Å²) in [7, 11) is 0. The van der Waals surface area contributed by atoms with Gasteiger partial charge in [-0.3, -0.25) is 0 Å². The maximum absolute atomic E-state index is 5.53. The fourth-order valence-electron chi connectivity index (χ4n) is 4.01. The summed E-state index contributed by atoms with van der Waals surface area (Å²) in [6.45, 7) is 6.94. The third kappa shape index (κ3) is 29.9. The van der Waals surface area contributed by atoms with Gasteiger partial charge in [0.25, 0.3) is 0 Å². The van der Waals surface area contributed by atoms with Gasteiger partial charge in [0.15, 0.2) is 0 Å². The smallest absolute Gasteiger partial charge is 0.149 e. The van der Waals surface area contributed by atoms with Crippen LogP contribution in [0.3, 0.4) is 0 Å². The molecule has 0 saturated heterocycles. The van der Waals surface area contributed by atoms with Crippen LogP contribution in [0.1, 0.15) is 155 Å². The fraction of sp³-hybridized carbons (Fsp3) is 1.00. The molecule has 0 bridgehead atoms. The van der Waals surface area contributed by atoms with Crippen LogP contribution in [0.15, 0.2) is 0 Å². The van der Waals surface area contributed by atoms with Crippen molar-refractivity contribution in [2.24, 2.45) is 0 Å². The molecule has 0 aromatic heterocycles. The molecule has 188 valence electrons. The molecule has 0 amide bonds. The molecule has 31 heavy (non-hydrogen) atoms. The molecule has 0 aromatic rings. The molecular formula is C28H58O3. The largest absolute Gasteiger partial charge is 0.355 e. The van der Waals surface area contributed by atoms with Crippen LogP contribution in [-0.2, 0) is 14.2 Å². The van der Waals surface area contributed by atoms with Crippen molar-refractivity contribution in [1.82, 2.24) is 0 Å². The molecule has 3 heteroatoms. The predicted molar refractivity (Wildman–Crippen MR) is 136 cm³/mol. The second-order valence-corrected chi connectivity index (χ2v) is 9.33. The highest BCUT2D eigenvalue weighted by Gasteiger charge is 1.96. The highest BCUT2D eigenvalue weighted by atomic mass is 16.7. The molecule has 0 atom stereocenters. The Kier molecular flexibility index (Phi) is 29.8. The third-order valence-electron chi connectivity index (χ3n) is 6.12. The molecule has 0 unspecified atom stereocenters. The number of rotatable bonds is 28. The van der Waals surface area contributed by atoms with Crippen molar-refractivity contribution in [3.05, 3.63) is 0 Å². The summed E-state index contributed by atoms with van der Waals surface area (Å²) in [5, 5.41) is 0. The summed E-state index contributed by atoms with van der Waals surface area (Å²) in [4.78, 5) is 0. The molecule has 0 heterocycles. The zero-order valence-corrected chi connectivity index (χ0v) is 21.6. The predicted octanol–water partition coefficient (Wildman–Crippen LogP) is 9.57. The average molecular weight is 443 g/mol. The van der Waals surface area contributed by atoms with Gasteiger partial charge in [-0.2, -0.15) is 0 Å². The van der Waals surface area contributed by atoms with Crippen molar-refractivity contribution in [1.29, 1.82) is 0 Å². The van der Waals surface area contributed by atoms with E-state index < -0.39 is 0 Å². The van der Waals surface area contributed by atoms with Crippen molar-refractivity contribution < 1.29 is 14.2 Å². The minimum Gasteiger partial charge on any atom is -0.355 e. The maximum Gasteiger partial charge on any atom is 0.149 e. The van der Waals surface area contributed by atoms with E-state index in [0.717, 1.165) is 26.1 Å². The topological polar surface area (TPSA) is 27.7 Å². The Morgan fingerprint density at radius 1 is 0.290 bits per heavy atom. The van der Waals surface area contributed by atoms with Crippen LogP contribution >= 0.6 is 0 Å². The first kappa shape index (κ1) is 30.9. The van der Waals surface area contributed by atoms with Crippen molar-refractivity contribution >= 4 is 0 Å². The lowest BCUT2D eigenvalue weighted by molar-refractivity contribution is -0.131. The zero-order chi connectivity index (χ0) is 22.5. The molecule has 0 aliphatic heterocycles. The van der Waals surface area contributed by atoms with E-state index >= 15 is 0 Å². The van der Waals surface area contributed by atoms with Crippen LogP contribution in [0.25, 0.3) is 0 Å². The van der Waals surface area contributed by atoms with Gasteiger partial charge >= 0.3 is 0 Å². The maximum atomic E-state index is 5.53. The Bertz CT molecular complexity index is 268. The molecule has 0 spiro atoms. The second kappa shape index (κ2) is 29.9. The van der Waals surface area contributed by atoms with E-state index in [0.29, 0.717) is 13.6 Å². The van der Waals surface area contributed by atoms with E-state index in [9.17, 15) is 0 Å². The van der Waals surface area contributed by atoms with E-state index in [-0.39, 0.29) is 0 Å². The Hall–Kier alpha value is -0.120. The van der Waals surface area contributed by atoms with E-state index in [1.54, 1.807) is 0 Å². The minimum absolute atomic E-state index is 0.371. The SMILES string of the molecule is CCCCCCCCCCCCCOCOCOCCCCCCCCCCCCC. The number of ether oxygens (including phenoxy) is 3. The Labute approximate surface area is 196 Å². The molecule has 0 rings (SSSR count). The molecule has 0 radical (unpaired) electrons. The lowest BCUT2D eigenvalue weighted by Crippen LogP contribution is -2.06. The van der Waals surface area contributed by atoms with Gasteiger partial charge in [-0.25, -0.2) is 0 Å². The summed E-state index contributed by atoms with van der Waals surface area (Å²) >= 11 is 0. The van der Waals surface area contributed by atoms with Gasteiger partial charge in [0.05, 0.1) is 0 Å². The van der Waals surface area contributed by atoms with Crippen LogP contribution < -0.4 is 0 Å². The number of unbranched alkanes of at least 4 members (excludes halogenated alkanes) is 20. The van der Waals surface area contributed by atoms with Gasteiger partial charge in [0.1, 0.15) is 13.6 Å². The van der Waals surface area contributed by atoms with Crippen LogP contribution in [-0.4, -0.2) is 26.8 Å². The third-order valence-corrected chi connectivity index (χ3v) is 6.12. The average Bonchev–Trinajstić information content (AvgIpc) is 2.78. The molecule has 0 aromatic carbocycles. The number of hydrogen-bond donors (Lipinski definition) is 0. The minimum atomic E-state index is 0.371. The van der Waals surface area contributed by atoms with Gasteiger partial charge in [-0.05, 0) is 12.8 Å². The highest BCUT2D eigenvalue weighted by Crippen LogP contribution is 2.12. The summed E-state index contributed by atoms with van der Waals surface area (Å²) in [6.07, 6.45) is 30.1. The lowest BCUT2D eigenvalue weighted by atomic mass is 10.1. The van der Waals surface area contributed by atoms with Crippen LogP contribution in [0.4, 0.5) is 0 Å². The fourth-order valence-corrected chi connectivity index (χ4v) is 4.01. The van der Waals surface area contributed by atoms with Crippen molar-refractivity contribution in [3.8, 4) is 0 Å². The second-order valence-electron chi connectivity index (χ2n) is 9.33. The first-order valence-corrected chi connectivity index (χ1v) is 14.1.